The van der Waals surface area contributed by atoms with Crippen molar-refractivity contribution in [2.24, 2.45) is 0 Å². The van der Waals surface area contributed by atoms with Crippen molar-refractivity contribution in [1.82, 2.24) is 21.0 Å². The molecule has 2 N–H and O–H groups in total. The Morgan fingerprint density at radius 3 is 2.30 bits per heavy atom. The zero-order valence-corrected chi connectivity index (χ0v) is 18.2. The van der Waals surface area contributed by atoms with E-state index in [1.165, 1.54) is 11.8 Å². The molecule has 7 nitrogen and oxygen atoms in total. The average molecular weight is 425 g/mol. The number of hydrogen-bond donors (Lipinski definition) is 2. The van der Waals surface area contributed by atoms with Crippen LogP contribution in [0.15, 0.2) is 57.9 Å². The molecular formula is C22H24N4O3S. The Morgan fingerprint density at radius 1 is 1.00 bits per heavy atom. The van der Waals surface area contributed by atoms with E-state index < -0.39 is 5.91 Å². The van der Waals surface area contributed by atoms with Crippen LogP contribution in [0.4, 0.5) is 0 Å². The van der Waals surface area contributed by atoms with Crippen molar-refractivity contribution in [2.75, 3.05) is 0 Å². The third kappa shape index (κ3) is 5.48. The number of hydrogen-bond acceptors (Lipinski definition) is 6. The van der Waals surface area contributed by atoms with Crippen molar-refractivity contribution in [3.05, 3.63) is 76.9 Å². The Labute approximate surface area is 179 Å². The van der Waals surface area contributed by atoms with Crippen molar-refractivity contribution < 1.29 is 14.1 Å². The molecule has 0 fully saturated rings. The van der Waals surface area contributed by atoms with Crippen LogP contribution in [-0.2, 0) is 11.2 Å². The second-order valence-electron chi connectivity index (χ2n) is 7.76. The van der Waals surface area contributed by atoms with E-state index in [2.05, 4.69) is 41.8 Å². The SMILES string of the molecule is Cc1noc(CSc2ccccc2C(=O)NNC(=O)c2ccc(C(C)(C)C)cc2)n1. The van der Waals surface area contributed by atoms with E-state index in [0.29, 0.717) is 28.6 Å². The van der Waals surface area contributed by atoms with Crippen LogP contribution < -0.4 is 10.9 Å². The topological polar surface area (TPSA) is 97.1 Å². The van der Waals surface area contributed by atoms with Gasteiger partial charge in [-0.3, -0.25) is 20.4 Å². The molecule has 0 aliphatic rings. The lowest BCUT2D eigenvalue weighted by atomic mass is 9.87. The number of rotatable bonds is 5. The monoisotopic (exact) mass is 424 g/mol. The van der Waals surface area contributed by atoms with Crippen molar-refractivity contribution >= 4 is 23.6 Å². The minimum absolute atomic E-state index is 0.00449. The van der Waals surface area contributed by atoms with E-state index in [4.69, 9.17) is 4.52 Å². The predicted molar refractivity (Wildman–Crippen MR) is 115 cm³/mol. The Hall–Kier alpha value is -3.13. The molecule has 2 amide bonds. The van der Waals surface area contributed by atoms with Gasteiger partial charge < -0.3 is 4.52 Å². The Kier molecular flexibility index (Phi) is 6.56. The number of amides is 2. The van der Waals surface area contributed by atoms with Gasteiger partial charge in [-0.25, -0.2) is 0 Å². The molecule has 30 heavy (non-hydrogen) atoms. The number of benzene rings is 2. The maximum atomic E-state index is 12.6. The smallest absolute Gasteiger partial charge is 0.270 e. The lowest BCUT2D eigenvalue weighted by Crippen LogP contribution is -2.41. The zero-order chi connectivity index (χ0) is 21.7. The molecule has 0 saturated carbocycles. The predicted octanol–water partition coefficient (Wildman–Crippen LogP) is 4.04. The molecule has 1 heterocycles. The van der Waals surface area contributed by atoms with E-state index in [1.807, 2.05) is 24.3 Å². The highest BCUT2D eigenvalue weighted by Gasteiger charge is 2.16. The first-order valence-corrected chi connectivity index (χ1v) is 10.4. The number of nitrogens with one attached hydrogen (secondary N) is 2. The van der Waals surface area contributed by atoms with Gasteiger partial charge in [-0.1, -0.05) is 50.2 Å². The molecular weight excluding hydrogens is 400 g/mol. The Bertz CT molecular complexity index is 1040. The largest absolute Gasteiger partial charge is 0.338 e. The fourth-order valence-electron chi connectivity index (χ4n) is 2.69. The van der Waals surface area contributed by atoms with Crippen molar-refractivity contribution in [1.29, 1.82) is 0 Å². The fraction of sp³-hybridized carbons (Fsp3) is 0.273. The average Bonchev–Trinajstić information content (AvgIpc) is 3.15. The number of aryl methyl sites for hydroxylation is 1. The van der Waals surface area contributed by atoms with Gasteiger partial charge in [0.1, 0.15) is 0 Å². The van der Waals surface area contributed by atoms with Crippen LogP contribution in [0.1, 0.15) is 58.8 Å². The Balaban J connectivity index is 1.61. The zero-order valence-electron chi connectivity index (χ0n) is 17.4. The van der Waals surface area contributed by atoms with Crippen LogP contribution in [0.3, 0.4) is 0 Å². The lowest BCUT2D eigenvalue weighted by molar-refractivity contribution is 0.0845. The second-order valence-corrected chi connectivity index (χ2v) is 8.77. The number of carbonyl (C=O) groups excluding carboxylic acids is 2. The second kappa shape index (κ2) is 9.13. The molecule has 0 radical (unpaired) electrons. The van der Waals surface area contributed by atoms with Crippen molar-refractivity contribution in [2.45, 2.75) is 43.8 Å². The van der Waals surface area contributed by atoms with Crippen LogP contribution in [-0.4, -0.2) is 22.0 Å². The summed E-state index contributed by atoms with van der Waals surface area (Å²) in [6.07, 6.45) is 0. The van der Waals surface area contributed by atoms with Crippen LogP contribution in [0, 0.1) is 6.92 Å². The summed E-state index contributed by atoms with van der Waals surface area (Å²) in [5, 5.41) is 3.76. The first kappa shape index (κ1) is 21.6. The van der Waals surface area contributed by atoms with E-state index in [1.54, 1.807) is 31.2 Å². The highest BCUT2D eigenvalue weighted by atomic mass is 32.2. The molecule has 156 valence electrons. The molecule has 0 aliphatic heterocycles. The summed E-state index contributed by atoms with van der Waals surface area (Å²) in [5.41, 5.74) is 7.00. The number of hydrazine groups is 1. The molecule has 3 aromatic rings. The maximum absolute atomic E-state index is 12.6. The lowest BCUT2D eigenvalue weighted by Gasteiger charge is -2.19. The molecule has 0 bridgehead atoms. The number of carbonyl (C=O) groups is 2. The van der Waals surface area contributed by atoms with Crippen LogP contribution in [0.2, 0.25) is 0 Å². The van der Waals surface area contributed by atoms with Gasteiger partial charge in [-0.15, -0.1) is 11.8 Å². The van der Waals surface area contributed by atoms with Gasteiger partial charge >= 0.3 is 0 Å². The van der Waals surface area contributed by atoms with E-state index in [-0.39, 0.29) is 11.3 Å². The van der Waals surface area contributed by atoms with E-state index in [0.717, 1.165) is 10.5 Å². The number of nitrogens with zero attached hydrogens (tertiary/aromatic N) is 2. The summed E-state index contributed by atoms with van der Waals surface area (Å²) >= 11 is 1.41. The quantitative estimate of drug-likeness (QED) is 0.474. The molecule has 0 unspecified atom stereocenters. The van der Waals surface area contributed by atoms with Gasteiger partial charge in [-0.05, 0) is 42.2 Å². The van der Waals surface area contributed by atoms with Gasteiger partial charge in [0, 0.05) is 10.5 Å². The molecule has 0 aliphatic carbocycles. The third-order valence-corrected chi connectivity index (χ3v) is 5.41. The van der Waals surface area contributed by atoms with Gasteiger partial charge in [0.2, 0.25) is 5.89 Å². The van der Waals surface area contributed by atoms with Gasteiger partial charge in [-0.2, -0.15) is 4.98 Å². The summed E-state index contributed by atoms with van der Waals surface area (Å²) < 4.78 is 5.10. The van der Waals surface area contributed by atoms with Gasteiger partial charge in [0.15, 0.2) is 5.82 Å². The minimum Gasteiger partial charge on any atom is -0.338 e. The van der Waals surface area contributed by atoms with Crippen molar-refractivity contribution in [3.63, 3.8) is 0 Å². The standard InChI is InChI=1S/C22H24N4O3S/c1-14-23-19(29-26-14)13-30-18-8-6-5-7-17(18)21(28)25-24-20(27)15-9-11-16(12-10-15)22(2,3)4/h5-12H,13H2,1-4H3,(H,24,27)(H,25,28). The van der Waals surface area contributed by atoms with Crippen LogP contribution in [0.5, 0.6) is 0 Å². The van der Waals surface area contributed by atoms with E-state index in [9.17, 15) is 9.59 Å². The molecule has 0 spiro atoms. The number of thioether (sulfide) groups is 1. The molecule has 2 aromatic carbocycles. The minimum atomic E-state index is -0.403. The summed E-state index contributed by atoms with van der Waals surface area (Å²) in [6.45, 7) is 8.07. The molecule has 1 aromatic heterocycles. The van der Waals surface area contributed by atoms with Gasteiger partial charge in [0.25, 0.3) is 11.8 Å². The third-order valence-electron chi connectivity index (χ3n) is 4.36. The van der Waals surface area contributed by atoms with Gasteiger partial charge in [0.05, 0.1) is 11.3 Å². The van der Waals surface area contributed by atoms with Crippen molar-refractivity contribution in [3.8, 4) is 0 Å². The number of aromatic nitrogens is 2. The maximum Gasteiger partial charge on any atom is 0.270 e. The highest BCUT2D eigenvalue weighted by molar-refractivity contribution is 7.98. The molecule has 0 atom stereocenters. The first-order valence-electron chi connectivity index (χ1n) is 9.46. The fourth-order valence-corrected chi connectivity index (χ4v) is 3.58. The van der Waals surface area contributed by atoms with Crippen LogP contribution in [0.25, 0.3) is 0 Å². The normalized spacial score (nSPS) is 11.2. The van der Waals surface area contributed by atoms with Crippen LogP contribution >= 0.6 is 11.8 Å². The highest BCUT2D eigenvalue weighted by Crippen LogP contribution is 2.26. The summed E-state index contributed by atoms with van der Waals surface area (Å²) in [5.74, 6) is 0.710. The molecule has 8 heteroatoms. The summed E-state index contributed by atoms with van der Waals surface area (Å²) in [4.78, 5) is 29.9. The van der Waals surface area contributed by atoms with E-state index >= 15 is 0 Å². The first-order chi connectivity index (χ1) is 14.2. The molecule has 3 rings (SSSR count). The molecule has 0 saturated heterocycles. The Morgan fingerprint density at radius 2 is 1.67 bits per heavy atom. The summed E-state index contributed by atoms with van der Waals surface area (Å²) in [6, 6.07) is 14.5. The summed E-state index contributed by atoms with van der Waals surface area (Å²) in [7, 11) is 0.